The van der Waals surface area contributed by atoms with Crippen LogP contribution in [0.15, 0.2) is 21.3 Å². The molecule has 3 rings (SSSR count). The summed E-state index contributed by atoms with van der Waals surface area (Å²) in [5, 5.41) is 5.05. The molecule has 7 heteroatoms. The van der Waals surface area contributed by atoms with Gasteiger partial charge in [-0.1, -0.05) is 0 Å². The van der Waals surface area contributed by atoms with E-state index in [1.807, 2.05) is 10.3 Å². The Kier molecular flexibility index (Phi) is 5.51. The summed E-state index contributed by atoms with van der Waals surface area (Å²) in [6.07, 6.45) is 2.66. The molecule has 3 heterocycles. The van der Waals surface area contributed by atoms with Crippen molar-refractivity contribution in [2.45, 2.75) is 25.3 Å². The Morgan fingerprint density at radius 1 is 1.43 bits per heavy atom. The van der Waals surface area contributed by atoms with Crippen molar-refractivity contribution in [1.29, 1.82) is 0 Å². The molecule has 0 radical (unpaired) electrons. The average Bonchev–Trinajstić information content (AvgIpc) is 3.16. The topological polar surface area (TPSA) is 36.4 Å². The molecule has 1 saturated heterocycles. The number of nitrogens with zero attached hydrogens (tertiary/aromatic N) is 3. The van der Waals surface area contributed by atoms with Crippen LogP contribution in [0.3, 0.4) is 0 Å². The number of piperidine rings is 1. The van der Waals surface area contributed by atoms with Gasteiger partial charge >= 0.3 is 0 Å². The molecule has 1 fully saturated rings. The minimum Gasteiger partial charge on any atom is -0.341 e. The second-order valence-corrected chi connectivity index (χ2v) is 8.73. The van der Waals surface area contributed by atoms with E-state index in [1.54, 1.807) is 22.7 Å². The highest BCUT2D eigenvalue weighted by molar-refractivity contribution is 9.10. The number of hydrogen-bond donors (Lipinski definition) is 0. The predicted octanol–water partition coefficient (Wildman–Crippen LogP) is 3.73. The molecule has 2 aromatic heterocycles. The Morgan fingerprint density at radius 3 is 2.96 bits per heavy atom. The van der Waals surface area contributed by atoms with E-state index in [-0.39, 0.29) is 5.91 Å². The minimum absolute atomic E-state index is 0.195. The van der Waals surface area contributed by atoms with Crippen LogP contribution in [0, 0.1) is 0 Å². The largest absolute Gasteiger partial charge is 0.341 e. The summed E-state index contributed by atoms with van der Waals surface area (Å²) in [6, 6.07) is 2.55. The van der Waals surface area contributed by atoms with Gasteiger partial charge in [0.1, 0.15) is 5.01 Å². The van der Waals surface area contributed by atoms with Crippen LogP contribution in [0.25, 0.3) is 9.88 Å². The molecule has 0 aromatic carbocycles. The number of aromatic nitrogens is 1. The van der Waals surface area contributed by atoms with Gasteiger partial charge in [0, 0.05) is 34.4 Å². The zero-order valence-corrected chi connectivity index (χ0v) is 16.5. The molecule has 1 amide bonds. The molecule has 0 N–H and O–H groups in total. The van der Waals surface area contributed by atoms with E-state index in [0.29, 0.717) is 12.5 Å². The molecular formula is C16H20BrN3OS2. The molecule has 1 unspecified atom stereocenters. The summed E-state index contributed by atoms with van der Waals surface area (Å²) in [7, 11) is 4.18. The molecular weight excluding hydrogens is 394 g/mol. The van der Waals surface area contributed by atoms with E-state index in [2.05, 4.69) is 51.4 Å². The maximum absolute atomic E-state index is 12.6. The standard InChI is InChI=1S/C16H20BrN3OS2/c1-19(2)13-4-3-5-20(8-13)15(21)7-12-10-23-16(18-12)14-6-11(17)9-22-14/h6,9-10,13H,3-5,7-8H2,1-2H3. The molecule has 1 aliphatic heterocycles. The van der Waals surface area contributed by atoms with Gasteiger partial charge in [-0.2, -0.15) is 0 Å². The van der Waals surface area contributed by atoms with Gasteiger partial charge in [-0.3, -0.25) is 4.79 Å². The fraction of sp³-hybridized carbons (Fsp3) is 0.500. The summed E-state index contributed by atoms with van der Waals surface area (Å²) in [6.45, 7) is 1.71. The fourth-order valence-electron chi connectivity index (χ4n) is 2.80. The van der Waals surface area contributed by atoms with Gasteiger partial charge in [-0.25, -0.2) is 4.98 Å². The SMILES string of the molecule is CN(C)C1CCCN(C(=O)Cc2csc(-c3cc(Br)cs3)n2)C1. The predicted molar refractivity (Wildman–Crippen MR) is 100 cm³/mol. The lowest BCUT2D eigenvalue weighted by atomic mass is 10.0. The molecule has 124 valence electrons. The third kappa shape index (κ3) is 4.21. The zero-order valence-electron chi connectivity index (χ0n) is 13.3. The first-order chi connectivity index (χ1) is 11.0. The van der Waals surface area contributed by atoms with Gasteiger partial charge in [0.05, 0.1) is 17.0 Å². The van der Waals surface area contributed by atoms with Crippen molar-refractivity contribution in [2.75, 3.05) is 27.2 Å². The highest BCUT2D eigenvalue weighted by Crippen LogP contribution is 2.32. The molecule has 0 spiro atoms. The Labute approximate surface area is 153 Å². The number of thiazole rings is 1. The van der Waals surface area contributed by atoms with Crippen molar-refractivity contribution in [3.05, 3.63) is 27.0 Å². The maximum atomic E-state index is 12.6. The Bertz CT molecular complexity index is 682. The Morgan fingerprint density at radius 2 is 2.26 bits per heavy atom. The van der Waals surface area contributed by atoms with Crippen LogP contribution >= 0.6 is 38.6 Å². The molecule has 23 heavy (non-hydrogen) atoms. The number of carbonyl (C=O) groups is 1. The van der Waals surface area contributed by atoms with Crippen LogP contribution in [-0.2, 0) is 11.2 Å². The minimum atomic E-state index is 0.195. The van der Waals surface area contributed by atoms with Gasteiger partial charge in [-0.15, -0.1) is 22.7 Å². The smallest absolute Gasteiger partial charge is 0.228 e. The van der Waals surface area contributed by atoms with E-state index >= 15 is 0 Å². The third-order valence-corrected chi connectivity index (χ3v) is 6.89. The molecule has 0 aliphatic carbocycles. The van der Waals surface area contributed by atoms with Crippen LogP contribution in [0.1, 0.15) is 18.5 Å². The van der Waals surface area contributed by atoms with E-state index in [9.17, 15) is 4.79 Å². The van der Waals surface area contributed by atoms with Crippen LogP contribution < -0.4 is 0 Å². The number of rotatable bonds is 4. The van der Waals surface area contributed by atoms with Crippen molar-refractivity contribution >= 4 is 44.5 Å². The van der Waals surface area contributed by atoms with E-state index in [0.717, 1.165) is 39.6 Å². The summed E-state index contributed by atoms with van der Waals surface area (Å²) >= 11 is 6.74. The molecule has 0 saturated carbocycles. The van der Waals surface area contributed by atoms with Crippen LogP contribution in [-0.4, -0.2) is 53.9 Å². The number of hydrogen-bond acceptors (Lipinski definition) is 5. The maximum Gasteiger partial charge on any atom is 0.228 e. The molecule has 1 aliphatic rings. The van der Waals surface area contributed by atoms with Crippen molar-refractivity contribution in [3.8, 4) is 9.88 Å². The van der Waals surface area contributed by atoms with E-state index < -0.39 is 0 Å². The fourth-order valence-corrected chi connectivity index (χ4v) is 5.12. The summed E-state index contributed by atoms with van der Waals surface area (Å²) in [4.78, 5) is 22.5. The van der Waals surface area contributed by atoms with Crippen molar-refractivity contribution < 1.29 is 4.79 Å². The first-order valence-electron chi connectivity index (χ1n) is 7.66. The van der Waals surface area contributed by atoms with Gasteiger partial charge < -0.3 is 9.80 Å². The number of likely N-dealkylation sites (N-methyl/N-ethyl adjacent to an activating group) is 1. The number of thiophene rings is 1. The number of carbonyl (C=O) groups excluding carboxylic acids is 1. The highest BCUT2D eigenvalue weighted by Gasteiger charge is 2.25. The van der Waals surface area contributed by atoms with E-state index in [4.69, 9.17) is 0 Å². The van der Waals surface area contributed by atoms with Crippen LogP contribution in [0.2, 0.25) is 0 Å². The van der Waals surface area contributed by atoms with Gasteiger partial charge in [0.15, 0.2) is 0 Å². The van der Waals surface area contributed by atoms with Crippen LogP contribution in [0.5, 0.6) is 0 Å². The second kappa shape index (κ2) is 7.42. The number of likely N-dealkylation sites (tertiary alicyclic amines) is 1. The van der Waals surface area contributed by atoms with Crippen molar-refractivity contribution in [1.82, 2.24) is 14.8 Å². The summed E-state index contributed by atoms with van der Waals surface area (Å²) in [5.74, 6) is 0.195. The lowest BCUT2D eigenvalue weighted by molar-refractivity contribution is -0.132. The normalized spacial score (nSPS) is 18.6. The van der Waals surface area contributed by atoms with Gasteiger partial charge in [-0.05, 0) is 48.9 Å². The van der Waals surface area contributed by atoms with Gasteiger partial charge in [0.2, 0.25) is 5.91 Å². The lowest BCUT2D eigenvalue weighted by Gasteiger charge is -2.36. The molecule has 0 bridgehead atoms. The highest BCUT2D eigenvalue weighted by atomic mass is 79.9. The summed E-state index contributed by atoms with van der Waals surface area (Å²) in [5.41, 5.74) is 0.881. The molecule has 2 aromatic rings. The van der Waals surface area contributed by atoms with Crippen molar-refractivity contribution in [2.24, 2.45) is 0 Å². The quantitative estimate of drug-likeness (QED) is 0.765. The van der Waals surface area contributed by atoms with Crippen LogP contribution in [0.4, 0.5) is 0 Å². The van der Waals surface area contributed by atoms with Crippen molar-refractivity contribution in [3.63, 3.8) is 0 Å². The molecule has 4 nitrogen and oxygen atoms in total. The number of halogens is 1. The zero-order chi connectivity index (χ0) is 16.4. The Balaban J connectivity index is 1.63. The van der Waals surface area contributed by atoms with Gasteiger partial charge in [0.25, 0.3) is 0 Å². The molecule has 1 atom stereocenters. The lowest BCUT2D eigenvalue weighted by Crippen LogP contribution is -2.47. The monoisotopic (exact) mass is 413 g/mol. The first kappa shape index (κ1) is 17.1. The summed E-state index contributed by atoms with van der Waals surface area (Å²) < 4.78 is 1.08. The number of amides is 1. The van der Waals surface area contributed by atoms with E-state index in [1.165, 1.54) is 6.42 Å². The first-order valence-corrected chi connectivity index (χ1v) is 10.2. The Hall–Kier alpha value is -0.760. The average molecular weight is 414 g/mol. The third-order valence-electron chi connectivity index (χ3n) is 4.14. The second-order valence-electron chi connectivity index (χ2n) is 6.05.